The first-order chi connectivity index (χ1) is 9.85. The Labute approximate surface area is 128 Å². The molecule has 2 N–H and O–H groups in total. The van der Waals surface area contributed by atoms with E-state index in [1.165, 1.54) is 19.2 Å². The number of benzene rings is 1. The molecule has 0 spiro atoms. The minimum Gasteiger partial charge on any atom is -0.496 e. The van der Waals surface area contributed by atoms with E-state index in [-0.39, 0.29) is 22.3 Å². The number of sulfonamides is 1. The summed E-state index contributed by atoms with van der Waals surface area (Å²) in [7, 11) is -2.42. The minimum atomic E-state index is -3.76. The van der Waals surface area contributed by atoms with E-state index in [1.54, 1.807) is 11.8 Å². The van der Waals surface area contributed by atoms with Crippen molar-refractivity contribution in [3.05, 3.63) is 23.8 Å². The lowest BCUT2D eigenvalue weighted by molar-refractivity contribution is 0.0693. The van der Waals surface area contributed by atoms with Crippen LogP contribution in [0.4, 0.5) is 0 Å². The number of methoxy groups -OCH3 is 1. The highest BCUT2D eigenvalue weighted by Gasteiger charge is 2.22. The Hall–Kier alpha value is -1.25. The van der Waals surface area contributed by atoms with E-state index in [4.69, 9.17) is 9.84 Å². The molecule has 0 radical (unpaired) electrons. The first-order valence-corrected chi connectivity index (χ1v) is 9.16. The molecule has 1 aromatic carbocycles. The molecule has 0 aliphatic carbocycles. The van der Waals surface area contributed by atoms with Crippen molar-refractivity contribution in [3.63, 3.8) is 0 Å². The number of nitrogens with one attached hydrogen (secondary N) is 1. The van der Waals surface area contributed by atoms with Gasteiger partial charge in [0.1, 0.15) is 11.3 Å². The van der Waals surface area contributed by atoms with Gasteiger partial charge in [-0.15, -0.1) is 0 Å². The first kappa shape index (κ1) is 17.8. The third kappa shape index (κ3) is 4.62. The molecule has 0 saturated carbocycles. The number of carboxylic acids is 1. The average Bonchev–Trinajstić information content (AvgIpc) is 2.45. The Morgan fingerprint density at radius 3 is 2.62 bits per heavy atom. The quantitative estimate of drug-likeness (QED) is 0.754. The summed E-state index contributed by atoms with van der Waals surface area (Å²) < 4.78 is 32.1. The third-order valence-electron chi connectivity index (χ3n) is 2.89. The van der Waals surface area contributed by atoms with E-state index < -0.39 is 16.0 Å². The van der Waals surface area contributed by atoms with Gasteiger partial charge in [-0.1, -0.05) is 6.92 Å². The third-order valence-corrected chi connectivity index (χ3v) is 5.15. The maximum Gasteiger partial charge on any atom is 0.339 e. The molecule has 0 bridgehead atoms. The van der Waals surface area contributed by atoms with Gasteiger partial charge < -0.3 is 9.84 Å². The minimum absolute atomic E-state index is 0.0831. The summed E-state index contributed by atoms with van der Waals surface area (Å²) in [5.41, 5.74) is -0.182. The molecular formula is C13H19NO5S2. The van der Waals surface area contributed by atoms with Gasteiger partial charge in [0.15, 0.2) is 0 Å². The summed E-state index contributed by atoms with van der Waals surface area (Å²) in [5, 5.41) is 9.10. The second-order valence-electron chi connectivity index (χ2n) is 4.35. The lowest BCUT2D eigenvalue weighted by Crippen LogP contribution is -2.36. The summed E-state index contributed by atoms with van der Waals surface area (Å²) in [6.07, 6.45) is 2.55. The van der Waals surface area contributed by atoms with Crippen LogP contribution in [0.2, 0.25) is 0 Å². The monoisotopic (exact) mass is 333 g/mol. The van der Waals surface area contributed by atoms with Crippen LogP contribution in [-0.4, -0.2) is 44.7 Å². The van der Waals surface area contributed by atoms with Crippen LogP contribution in [0, 0.1) is 0 Å². The fraction of sp³-hybridized carbons (Fsp3) is 0.462. The Balaban J connectivity index is 3.14. The Morgan fingerprint density at radius 2 is 2.14 bits per heavy atom. The van der Waals surface area contributed by atoms with Crippen LogP contribution in [0.5, 0.6) is 5.75 Å². The fourth-order valence-corrected chi connectivity index (χ4v) is 3.92. The lowest BCUT2D eigenvalue weighted by atomic mass is 10.2. The molecule has 1 unspecified atom stereocenters. The van der Waals surface area contributed by atoms with Gasteiger partial charge in [-0.3, -0.25) is 0 Å². The number of thioether (sulfide) groups is 1. The molecule has 21 heavy (non-hydrogen) atoms. The van der Waals surface area contributed by atoms with Crippen LogP contribution in [0.25, 0.3) is 0 Å². The van der Waals surface area contributed by atoms with E-state index >= 15 is 0 Å². The van der Waals surface area contributed by atoms with Crippen molar-refractivity contribution in [2.45, 2.75) is 24.3 Å². The van der Waals surface area contributed by atoms with Gasteiger partial charge in [-0.05, 0) is 30.9 Å². The molecule has 0 fully saturated rings. The van der Waals surface area contributed by atoms with Gasteiger partial charge in [-0.2, -0.15) is 11.8 Å². The van der Waals surface area contributed by atoms with E-state index in [2.05, 4.69) is 4.72 Å². The predicted molar refractivity (Wildman–Crippen MR) is 82.7 cm³/mol. The van der Waals surface area contributed by atoms with Crippen molar-refractivity contribution in [2.75, 3.05) is 19.1 Å². The Morgan fingerprint density at radius 1 is 1.48 bits per heavy atom. The highest BCUT2D eigenvalue weighted by Crippen LogP contribution is 2.22. The molecule has 0 heterocycles. The molecule has 0 aliphatic rings. The van der Waals surface area contributed by atoms with Crippen molar-refractivity contribution in [3.8, 4) is 5.75 Å². The molecule has 6 nitrogen and oxygen atoms in total. The average molecular weight is 333 g/mol. The molecule has 1 aromatic rings. The summed E-state index contributed by atoms with van der Waals surface area (Å²) in [4.78, 5) is 11.1. The van der Waals surface area contributed by atoms with E-state index in [1.807, 2.05) is 13.2 Å². The van der Waals surface area contributed by atoms with Gasteiger partial charge in [0.05, 0.1) is 12.0 Å². The SMILES string of the molecule is CCC(CSC)NS(=O)(=O)c1ccc(OC)c(C(=O)O)c1. The predicted octanol–water partition coefficient (Wildman–Crippen LogP) is 1.81. The molecular weight excluding hydrogens is 314 g/mol. The summed E-state index contributed by atoms with van der Waals surface area (Å²) in [6, 6.07) is 3.59. The fourth-order valence-electron chi connectivity index (χ4n) is 1.75. The molecule has 118 valence electrons. The van der Waals surface area contributed by atoms with Crippen molar-refractivity contribution in [1.82, 2.24) is 4.72 Å². The van der Waals surface area contributed by atoms with Crippen molar-refractivity contribution < 1.29 is 23.1 Å². The molecule has 0 amide bonds. The van der Waals surface area contributed by atoms with Gasteiger partial charge in [0.2, 0.25) is 10.0 Å². The first-order valence-electron chi connectivity index (χ1n) is 6.28. The van der Waals surface area contributed by atoms with Crippen LogP contribution < -0.4 is 9.46 Å². The number of hydrogen-bond acceptors (Lipinski definition) is 5. The molecule has 0 aromatic heterocycles. The molecule has 0 aliphatic heterocycles. The molecule has 0 saturated heterocycles. The van der Waals surface area contributed by atoms with Gasteiger partial charge in [-0.25, -0.2) is 17.9 Å². The zero-order valence-corrected chi connectivity index (χ0v) is 13.8. The molecule has 8 heteroatoms. The van der Waals surface area contributed by atoms with Crippen LogP contribution in [0.1, 0.15) is 23.7 Å². The summed E-state index contributed by atoms with van der Waals surface area (Å²) >= 11 is 1.54. The maximum absolute atomic E-state index is 12.3. The molecule has 1 atom stereocenters. The van der Waals surface area contributed by atoms with Crippen LogP contribution in [0.15, 0.2) is 23.1 Å². The van der Waals surface area contributed by atoms with Gasteiger partial charge in [0.25, 0.3) is 0 Å². The Bertz CT molecular complexity index is 601. The second-order valence-corrected chi connectivity index (χ2v) is 6.97. The van der Waals surface area contributed by atoms with E-state index in [0.29, 0.717) is 12.2 Å². The summed E-state index contributed by atoms with van der Waals surface area (Å²) in [6.45, 7) is 1.89. The largest absolute Gasteiger partial charge is 0.496 e. The number of ether oxygens (including phenoxy) is 1. The van der Waals surface area contributed by atoms with Gasteiger partial charge in [0, 0.05) is 11.8 Å². The van der Waals surface area contributed by atoms with Crippen LogP contribution >= 0.6 is 11.8 Å². The molecule has 1 rings (SSSR count). The standard InChI is InChI=1S/C13H19NO5S2/c1-4-9(8-20-3)14-21(17,18)10-5-6-12(19-2)11(7-10)13(15)16/h5-7,9,14H,4,8H2,1-3H3,(H,15,16). The van der Waals surface area contributed by atoms with Crippen molar-refractivity contribution >= 4 is 27.8 Å². The van der Waals surface area contributed by atoms with E-state index in [9.17, 15) is 13.2 Å². The number of hydrogen-bond donors (Lipinski definition) is 2. The Kier molecular flexibility index (Phi) is 6.50. The van der Waals surface area contributed by atoms with Crippen molar-refractivity contribution in [1.29, 1.82) is 0 Å². The highest BCUT2D eigenvalue weighted by atomic mass is 32.2. The zero-order valence-electron chi connectivity index (χ0n) is 12.1. The van der Waals surface area contributed by atoms with Gasteiger partial charge >= 0.3 is 5.97 Å². The lowest BCUT2D eigenvalue weighted by Gasteiger charge is -2.16. The van der Waals surface area contributed by atoms with E-state index in [0.717, 1.165) is 6.07 Å². The highest BCUT2D eigenvalue weighted by molar-refractivity contribution is 7.98. The topological polar surface area (TPSA) is 92.7 Å². The second kappa shape index (κ2) is 7.67. The summed E-state index contributed by atoms with van der Waals surface area (Å²) in [5.74, 6) is -0.463. The normalized spacial score (nSPS) is 12.9. The van der Waals surface area contributed by atoms with Crippen LogP contribution in [-0.2, 0) is 10.0 Å². The number of aromatic carboxylic acids is 1. The maximum atomic E-state index is 12.3. The number of carboxylic acid groups (broad SMARTS) is 1. The zero-order chi connectivity index (χ0) is 16.0. The smallest absolute Gasteiger partial charge is 0.339 e. The number of rotatable bonds is 8. The number of carbonyl (C=O) groups is 1. The van der Waals surface area contributed by atoms with Crippen LogP contribution in [0.3, 0.4) is 0 Å². The van der Waals surface area contributed by atoms with Crippen molar-refractivity contribution in [2.24, 2.45) is 0 Å².